The number of fused-ring (bicyclic) bond motifs is 1. The molecule has 2 aliphatic rings. The molecule has 1 fully saturated rings. The van der Waals surface area contributed by atoms with Gasteiger partial charge in [0.25, 0.3) is 0 Å². The monoisotopic (exact) mass is 357 g/mol. The number of para-hydroxylation sites is 2. The van der Waals surface area contributed by atoms with Gasteiger partial charge < -0.3 is 5.32 Å². The third-order valence-corrected chi connectivity index (χ3v) is 6.45. The molecule has 3 aromatic rings. The van der Waals surface area contributed by atoms with Crippen molar-refractivity contribution in [3.8, 4) is 0 Å². The Hall–Kier alpha value is -2.98. The first-order chi connectivity index (χ1) is 13.1. The molecule has 5 rings (SSSR count). The van der Waals surface area contributed by atoms with Gasteiger partial charge in [0.2, 0.25) is 6.41 Å². The summed E-state index contributed by atoms with van der Waals surface area (Å²) < 4.78 is 0.632. The molecule has 1 heterocycles. The molecule has 1 aliphatic carbocycles. The van der Waals surface area contributed by atoms with Crippen LogP contribution in [-0.4, -0.2) is 32.3 Å². The van der Waals surface area contributed by atoms with Gasteiger partial charge in [-0.1, -0.05) is 48.5 Å². The molecule has 1 N–H and O–H groups in total. The van der Waals surface area contributed by atoms with E-state index in [-0.39, 0.29) is 5.78 Å². The minimum atomic E-state index is -0.480. The van der Waals surface area contributed by atoms with Crippen molar-refractivity contribution in [3.63, 3.8) is 0 Å². The average molecular weight is 357 g/mol. The first kappa shape index (κ1) is 16.2. The van der Waals surface area contributed by atoms with Gasteiger partial charge >= 0.3 is 0 Å². The lowest BCUT2D eigenvalue weighted by Crippen LogP contribution is -2.47. The van der Waals surface area contributed by atoms with Crippen molar-refractivity contribution in [1.82, 2.24) is 4.48 Å². The number of amides is 1. The van der Waals surface area contributed by atoms with Gasteiger partial charge in [0.05, 0.1) is 13.6 Å². The summed E-state index contributed by atoms with van der Waals surface area (Å²) in [7, 11) is 2.16. The lowest BCUT2D eigenvalue weighted by Gasteiger charge is -2.32. The van der Waals surface area contributed by atoms with Gasteiger partial charge in [-0.05, 0) is 22.4 Å². The van der Waals surface area contributed by atoms with Crippen molar-refractivity contribution in [2.75, 3.05) is 25.5 Å². The molecule has 0 radical (unpaired) electrons. The van der Waals surface area contributed by atoms with E-state index in [1.165, 1.54) is 5.56 Å². The molecular weight excluding hydrogens is 336 g/mol. The van der Waals surface area contributed by atoms with Crippen LogP contribution in [0.3, 0.4) is 0 Å². The number of hydrogen-bond acceptors (Lipinski definition) is 2. The van der Waals surface area contributed by atoms with Gasteiger partial charge in [-0.2, -0.15) is 0 Å². The molecule has 27 heavy (non-hydrogen) atoms. The molecule has 134 valence electrons. The van der Waals surface area contributed by atoms with E-state index in [0.29, 0.717) is 17.4 Å². The van der Waals surface area contributed by atoms with Crippen LogP contribution < -0.4 is 9.80 Å². The summed E-state index contributed by atoms with van der Waals surface area (Å²) in [5.74, 6) is 0.247. The summed E-state index contributed by atoms with van der Waals surface area (Å²) in [6, 6.07) is 20.2. The van der Waals surface area contributed by atoms with Gasteiger partial charge in [0.15, 0.2) is 11.5 Å². The average Bonchev–Trinajstić information content (AvgIpc) is 3.17. The molecule has 4 nitrogen and oxygen atoms in total. The van der Waals surface area contributed by atoms with Crippen LogP contribution in [0, 0.1) is 0 Å². The maximum atomic E-state index is 13.5. The normalized spacial score (nSPS) is 26.0. The molecule has 3 aromatic carbocycles. The third-order valence-electron chi connectivity index (χ3n) is 6.45. The topological polar surface area (TPSA) is 46.2 Å². The van der Waals surface area contributed by atoms with E-state index >= 15 is 0 Å². The second-order valence-electron chi connectivity index (χ2n) is 7.93. The van der Waals surface area contributed by atoms with Crippen LogP contribution in [0.1, 0.15) is 22.3 Å². The maximum Gasteiger partial charge on any atom is 0.211 e. The number of rotatable bonds is 3. The van der Waals surface area contributed by atoms with E-state index in [1.807, 2.05) is 30.3 Å². The maximum absolute atomic E-state index is 13.5. The number of quaternary nitrogens is 1. The van der Waals surface area contributed by atoms with E-state index in [4.69, 9.17) is 0 Å². The Morgan fingerprint density at radius 1 is 1.04 bits per heavy atom. The first-order valence-electron chi connectivity index (χ1n) is 9.30. The molecule has 0 aromatic heterocycles. The second kappa shape index (κ2) is 5.51. The Morgan fingerprint density at radius 2 is 1.81 bits per heavy atom. The van der Waals surface area contributed by atoms with Gasteiger partial charge in [-0.25, -0.2) is 0 Å². The zero-order valence-electron chi connectivity index (χ0n) is 15.2. The van der Waals surface area contributed by atoms with E-state index in [9.17, 15) is 9.59 Å². The first-order valence-corrected chi connectivity index (χ1v) is 9.30. The van der Waals surface area contributed by atoms with Gasteiger partial charge in [0, 0.05) is 18.1 Å². The van der Waals surface area contributed by atoms with E-state index in [2.05, 4.69) is 42.7 Å². The smallest absolute Gasteiger partial charge is 0.211 e. The Kier molecular flexibility index (Phi) is 3.31. The number of nitrogens with one attached hydrogen (secondary N) is 1. The number of ketones is 1. The number of benzene rings is 3. The van der Waals surface area contributed by atoms with Crippen molar-refractivity contribution >= 4 is 34.3 Å². The highest BCUT2D eigenvalue weighted by atomic mass is 16.1. The van der Waals surface area contributed by atoms with Crippen molar-refractivity contribution in [1.29, 1.82) is 0 Å². The lowest BCUT2D eigenvalue weighted by atomic mass is 9.79. The number of nitrogens with zero attached hydrogens (tertiary/aromatic N) is 1. The fraction of sp³-hybridized carbons (Fsp3) is 0.217. The number of carbonyl (C=O) groups excluding carboxylic acids is 2. The highest BCUT2D eigenvalue weighted by molar-refractivity contribution is 6.20. The lowest BCUT2D eigenvalue weighted by molar-refractivity contribution is -0.105. The quantitative estimate of drug-likeness (QED) is 0.571. The van der Waals surface area contributed by atoms with Crippen molar-refractivity contribution in [2.45, 2.75) is 11.8 Å². The number of hydrogen-bond donors (Lipinski definition) is 1. The predicted octanol–water partition coefficient (Wildman–Crippen LogP) is 3.88. The summed E-state index contributed by atoms with van der Waals surface area (Å²) in [5.41, 5.74) is 3.41. The fourth-order valence-electron chi connectivity index (χ4n) is 5.24. The number of likely N-dealkylation sites (N-methyl/N-ethyl adjacent to an activating group) is 1. The van der Waals surface area contributed by atoms with Gasteiger partial charge in [0.1, 0.15) is 17.6 Å². The zero-order valence-corrected chi connectivity index (χ0v) is 15.2. The number of likely N-dealkylation sites (tertiary alicyclic amines) is 1. The second-order valence-corrected chi connectivity index (χ2v) is 7.93. The van der Waals surface area contributed by atoms with E-state index in [1.54, 1.807) is 0 Å². The van der Waals surface area contributed by atoms with Crippen LogP contribution in [0.15, 0.2) is 60.7 Å². The Labute approximate surface area is 158 Å². The number of carbonyl (C=O) groups is 2. The Balaban J connectivity index is 1.65. The highest BCUT2D eigenvalue weighted by Crippen LogP contribution is 2.51. The molecule has 0 bridgehead atoms. The Bertz CT molecular complexity index is 1100. The largest absolute Gasteiger partial charge is 0.324 e. The summed E-state index contributed by atoms with van der Waals surface area (Å²) in [4.78, 5) is 24.6. The number of anilines is 1. The SMILES string of the molecule is C[N+]1(c2ccccc2NC=O)CCC2(C1)C(=O)c1cccc3cccc2c13. The molecule has 1 saturated heterocycles. The minimum absolute atomic E-state index is 0.247. The van der Waals surface area contributed by atoms with Crippen molar-refractivity contribution < 1.29 is 9.59 Å². The third kappa shape index (κ3) is 2.07. The molecule has 2 unspecified atom stereocenters. The standard InChI is InChI=1S/C23H20N2O2/c1-25(20-11-3-2-10-19(20)24-15-26)13-12-23(14-25)18-9-5-7-16-6-4-8-17(21(16)18)22(23)27/h2-11,15H,12-14H2,1H3/p+1. The van der Waals surface area contributed by atoms with Crippen LogP contribution in [0.5, 0.6) is 0 Å². The highest BCUT2D eigenvalue weighted by Gasteiger charge is 2.57. The molecular formula is C23H21N2O2+. The summed E-state index contributed by atoms with van der Waals surface area (Å²) >= 11 is 0. The minimum Gasteiger partial charge on any atom is -0.324 e. The molecule has 0 saturated carbocycles. The number of Topliss-reactive ketones (excluding diaryl/α,β-unsaturated/α-hetero) is 1. The van der Waals surface area contributed by atoms with E-state index in [0.717, 1.165) is 40.7 Å². The van der Waals surface area contributed by atoms with Gasteiger partial charge in [-0.3, -0.25) is 14.1 Å². The molecule has 2 atom stereocenters. The summed E-state index contributed by atoms with van der Waals surface area (Å²) in [6.07, 6.45) is 1.53. The van der Waals surface area contributed by atoms with Crippen LogP contribution in [0.4, 0.5) is 11.4 Å². The van der Waals surface area contributed by atoms with Crippen LogP contribution in [0.2, 0.25) is 0 Å². The van der Waals surface area contributed by atoms with Crippen LogP contribution >= 0.6 is 0 Å². The predicted molar refractivity (Wildman–Crippen MR) is 108 cm³/mol. The van der Waals surface area contributed by atoms with Crippen LogP contribution in [0.25, 0.3) is 10.8 Å². The zero-order chi connectivity index (χ0) is 18.6. The summed E-state index contributed by atoms with van der Waals surface area (Å²) in [5, 5.41) is 5.09. The molecule has 1 spiro atoms. The molecule has 1 amide bonds. The molecule has 1 aliphatic heterocycles. The van der Waals surface area contributed by atoms with E-state index < -0.39 is 5.41 Å². The summed E-state index contributed by atoms with van der Waals surface area (Å²) in [6.45, 7) is 1.56. The molecule has 4 heteroatoms. The fourth-order valence-corrected chi connectivity index (χ4v) is 5.24. The van der Waals surface area contributed by atoms with Gasteiger partial charge in [-0.15, -0.1) is 0 Å². The van der Waals surface area contributed by atoms with Crippen molar-refractivity contribution in [3.05, 3.63) is 71.8 Å². The van der Waals surface area contributed by atoms with Crippen LogP contribution in [-0.2, 0) is 10.2 Å². The van der Waals surface area contributed by atoms with Crippen molar-refractivity contribution in [2.24, 2.45) is 0 Å². The Morgan fingerprint density at radius 3 is 2.63 bits per heavy atom.